The van der Waals surface area contributed by atoms with E-state index in [4.69, 9.17) is 15.3 Å². The zero-order valence-electron chi connectivity index (χ0n) is 17.0. The molecule has 28 heavy (non-hydrogen) atoms. The lowest BCUT2D eigenvalue weighted by Crippen LogP contribution is -2.44. The molecule has 0 saturated carbocycles. The van der Waals surface area contributed by atoms with E-state index in [1.807, 2.05) is 11.9 Å². The molecule has 0 aromatic heterocycles. The van der Waals surface area contributed by atoms with Crippen LogP contribution in [0.1, 0.15) is 6.92 Å². The van der Waals surface area contributed by atoms with Crippen molar-refractivity contribution >= 4 is 17.9 Å². The summed E-state index contributed by atoms with van der Waals surface area (Å²) >= 11 is 0. The Morgan fingerprint density at radius 3 is 1.39 bits per heavy atom. The van der Waals surface area contributed by atoms with Crippen LogP contribution < -0.4 is 0 Å². The summed E-state index contributed by atoms with van der Waals surface area (Å²) in [5, 5.41) is 36.4. The Balaban J connectivity index is 4.65. The van der Waals surface area contributed by atoms with Crippen LogP contribution in [0.2, 0.25) is 0 Å². The molecule has 0 aliphatic heterocycles. The van der Waals surface area contributed by atoms with Crippen LogP contribution in [0.3, 0.4) is 0 Å². The lowest BCUT2D eigenvalue weighted by molar-refractivity contribution is -0.140. The van der Waals surface area contributed by atoms with E-state index >= 15 is 0 Å². The quantitative estimate of drug-likeness (QED) is 0.215. The highest BCUT2D eigenvalue weighted by atomic mass is 16.4. The summed E-state index contributed by atoms with van der Waals surface area (Å²) in [6.07, 6.45) is -0.480. The van der Waals surface area contributed by atoms with Crippen molar-refractivity contribution in [2.75, 3.05) is 79.5 Å². The zero-order chi connectivity index (χ0) is 21.7. The first-order valence-electron chi connectivity index (χ1n) is 9.14. The summed E-state index contributed by atoms with van der Waals surface area (Å²) in [6.45, 7) is 4.14. The number of carbonyl (C=O) groups is 3. The van der Waals surface area contributed by atoms with Gasteiger partial charge in [-0.25, -0.2) is 0 Å². The Morgan fingerprint density at radius 2 is 1.04 bits per heavy atom. The molecule has 0 aromatic carbocycles. The second-order valence-corrected chi connectivity index (χ2v) is 7.08. The van der Waals surface area contributed by atoms with E-state index in [1.165, 1.54) is 0 Å². The van der Waals surface area contributed by atoms with Crippen molar-refractivity contribution in [3.63, 3.8) is 0 Å². The number of nitrogens with zero attached hydrogens (tertiary/aromatic N) is 4. The van der Waals surface area contributed by atoms with Crippen LogP contribution in [-0.4, -0.2) is 144 Å². The summed E-state index contributed by atoms with van der Waals surface area (Å²) in [5.41, 5.74) is 0. The summed E-state index contributed by atoms with van der Waals surface area (Å²) in [5.74, 6) is -2.92. The van der Waals surface area contributed by atoms with Crippen LogP contribution in [0, 0.1) is 0 Å². The first-order valence-corrected chi connectivity index (χ1v) is 9.14. The van der Waals surface area contributed by atoms with Gasteiger partial charge in [0.2, 0.25) is 0 Å². The SMILES string of the molecule is CC(O)CN(C)CCN(CCN(CCN(C)CC(=O)O)CC(=O)O)CC(=O)O. The van der Waals surface area contributed by atoms with Gasteiger partial charge in [0, 0.05) is 45.8 Å². The number of aliphatic hydroxyl groups excluding tert-OH is 1. The summed E-state index contributed by atoms with van der Waals surface area (Å²) in [4.78, 5) is 39.8. The minimum atomic E-state index is -0.998. The molecule has 11 heteroatoms. The van der Waals surface area contributed by atoms with Crippen LogP contribution in [0.15, 0.2) is 0 Å². The number of carboxylic acid groups (broad SMARTS) is 3. The van der Waals surface area contributed by atoms with Crippen LogP contribution in [-0.2, 0) is 14.4 Å². The Morgan fingerprint density at radius 1 is 0.679 bits per heavy atom. The summed E-state index contributed by atoms with van der Waals surface area (Å²) < 4.78 is 0. The van der Waals surface area contributed by atoms with Gasteiger partial charge in [-0.3, -0.25) is 29.1 Å². The molecule has 0 saturated heterocycles. The normalized spacial score (nSPS) is 12.9. The summed E-state index contributed by atoms with van der Waals surface area (Å²) in [6, 6.07) is 0. The van der Waals surface area contributed by atoms with Crippen LogP contribution >= 0.6 is 0 Å². The van der Waals surface area contributed by atoms with E-state index < -0.39 is 24.0 Å². The van der Waals surface area contributed by atoms with Gasteiger partial charge in [-0.05, 0) is 21.0 Å². The highest BCUT2D eigenvalue weighted by Crippen LogP contribution is 1.97. The first-order chi connectivity index (χ1) is 13.0. The predicted octanol–water partition coefficient (Wildman–Crippen LogP) is -1.91. The van der Waals surface area contributed by atoms with Crippen molar-refractivity contribution in [2.45, 2.75) is 13.0 Å². The van der Waals surface area contributed by atoms with Crippen LogP contribution in [0.25, 0.3) is 0 Å². The smallest absolute Gasteiger partial charge is 0.317 e. The van der Waals surface area contributed by atoms with Crippen LogP contribution in [0.4, 0.5) is 0 Å². The van der Waals surface area contributed by atoms with Crippen molar-refractivity contribution in [3.05, 3.63) is 0 Å². The van der Waals surface area contributed by atoms with Gasteiger partial charge >= 0.3 is 17.9 Å². The summed E-state index contributed by atoms with van der Waals surface area (Å²) in [7, 11) is 3.47. The molecule has 11 nitrogen and oxygen atoms in total. The number of rotatable bonds is 17. The number of aliphatic carboxylic acids is 3. The Labute approximate surface area is 165 Å². The van der Waals surface area contributed by atoms with E-state index in [9.17, 15) is 19.5 Å². The van der Waals surface area contributed by atoms with Gasteiger partial charge in [0.25, 0.3) is 0 Å². The molecule has 164 valence electrons. The average molecular weight is 406 g/mol. The molecule has 0 amide bonds. The molecule has 1 unspecified atom stereocenters. The largest absolute Gasteiger partial charge is 0.480 e. The molecule has 1 atom stereocenters. The minimum Gasteiger partial charge on any atom is -0.480 e. The molecule has 0 spiro atoms. The molecule has 0 rings (SSSR count). The van der Waals surface area contributed by atoms with Crippen molar-refractivity contribution in [1.29, 1.82) is 0 Å². The third-order valence-electron chi connectivity index (χ3n) is 4.03. The molecule has 0 heterocycles. The molecule has 0 aromatic rings. The average Bonchev–Trinajstić information content (AvgIpc) is 2.52. The maximum Gasteiger partial charge on any atom is 0.317 e. The first kappa shape index (κ1) is 26.2. The Hall–Kier alpha value is -1.79. The van der Waals surface area contributed by atoms with Gasteiger partial charge in [-0.1, -0.05) is 0 Å². The highest BCUT2D eigenvalue weighted by molar-refractivity contribution is 5.69. The molecule has 0 bridgehead atoms. The van der Waals surface area contributed by atoms with E-state index in [1.54, 1.807) is 28.7 Å². The fourth-order valence-corrected chi connectivity index (χ4v) is 2.68. The molecule has 0 fully saturated rings. The predicted molar refractivity (Wildman–Crippen MR) is 102 cm³/mol. The minimum absolute atomic E-state index is 0.137. The topological polar surface area (TPSA) is 145 Å². The molecule has 0 aliphatic carbocycles. The van der Waals surface area contributed by atoms with E-state index in [0.29, 0.717) is 45.8 Å². The van der Waals surface area contributed by atoms with Crippen molar-refractivity contribution in [1.82, 2.24) is 19.6 Å². The van der Waals surface area contributed by atoms with Gasteiger partial charge in [0.05, 0.1) is 25.7 Å². The Bertz CT molecular complexity index is 490. The fraction of sp³-hybridized carbons (Fsp3) is 0.824. The van der Waals surface area contributed by atoms with Gasteiger partial charge in [0.1, 0.15) is 0 Å². The second kappa shape index (κ2) is 14.2. The number of hydrogen-bond donors (Lipinski definition) is 4. The maximum atomic E-state index is 11.1. The lowest BCUT2D eigenvalue weighted by Gasteiger charge is -2.28. The molecular formula is C17H34N4O7. The standard InChI is InChI=1S/C17H34N4O7/c1-14(22)10-18(2)4-6-20(12-16(25)26)8-9-21(13-17(27)28)7-5-19(3)11-15(23)24/h14,22H,4-13H2,1-3H3,(H,23,24)(H,25,26)(H,27,28). The van der Waals surface area contributed by atoms with Crippen molar-refractivity contribution in [2.24, 2.45) is 0 Å². The third-order valence-corrected chi connectivity index (χ3v) is 4.03. The highest BCUT2D eigenvalue weighted by Gasteiger charge is 2.16. The number of aliphatic hydroxyl groups is 1. The van der Waals surface area contributed by atoms with Crippen LogP contribution in [0.5, 0.6) is 0 Å². The third kappa shape index (κ3) is 15.3. The van der Waals surface area contributed by atoms with E-state index in [0.717, 1.165) is 0 Å². The van der Waals surface area contributed by atoms with E-state index in [2.05, 4.69) is 0 Å². The molecule has 4 N–H and O–H groups in total. The Kier molecular flexibility index (Phi) is 13.3. The lowest BCUT2D eigenvalue weighted by atomic mass is 10.3. The van der Waals surface area contributed by atoms with Crippen molar-refractivity contribution in [3.8, 4) is 0 Å². The number of carboxylic acids is 3. The van der Waals surface area contributed by atoms with Crippen molar-refractivity contribution < 1.29 is 34.8 Å². The van der Waals surface area contributed by atoms with Gasteiger partial charge in [-0.15, -0.1) is 0 Å². The van der Waals surface area contributed by atoms with Gasteiger partial charge in [-0.2, -0.15) is 0 Å². The zero-order valence-corrected chi connectivity index (χ0v) is 17.0. The molecular weight excluding hydrogens is 372 g/mol. The maximum absolute atomic E-state index is 11.1. The van der Waals surface area contributed by atoms with Gasteiger partial charge in [0.15, 0.2) is 0 Å². The monoisotopic (exact) mass is 406 g/mol. The van der Waals surface area contributed by atoms with E-state index in [-0.39, 0.29) is 19.6 Å². The molecule has 0 aliphatic rings. The fourth-order valence-electron chi connectivity index (χ4n) is 2.68. The number of likely N-dealkylation sites (N-methyl/N-ethyl adjacent to an activating group) is 2. The second-order valence-electron chi connectivity index (χ2n) is 7.08. The molecule has 0 radical (unpaired) electrons. The van der Waals surface area contributed by atoms with Gasteiger partial charge < -0.3 is 25.3 Å². The number of hydrogen-bond acceptors (Lipinski definition) is 8.